The van der Waals surface area contributed by atoms with E-state index >= 15 is 0 Å². The second-order valence-corrected chi connectivity index (χ2v) is 6.88. The van der Waals surface area contributed by atoms with Gasteiger partial charge in [0.05, 0.1) is 5.25 Å². The monoisotopic (exact) mass is 354 g/mol. The fraction of sp³-hybridized carbons (Fsp3) is 0.188. The van der Waals surface area contributed by atoms with E-state index in [0.29, 0.717) is 27.8 Å². The van der Waals surface area contributed by atoms with E-state index in [0.717, 1.165) is 4.90 Å². The summed E-state index contributed by atoms with van der Waals surface area (Å²) in [6, 6.07) is 12.5. The van der Waals surface area contributed by atoms with Gasteiger partial charge in [0.1, 0.15) is 0 Å². The first-order valence-electron chi connectivity index (χ1n) is 6.77. The molecule has 3 N–H and O–H groups in total. The van der Waals surface area contributed by atoms with Gasteiger partial charge in [-0.25, -0.2) is 0 Å². The van der Waals surface area contributed by atoms with Crippen molar-refractivity contribution in [1.29, 1.82) is 0 Å². The zero-order valence-electron chi connectivity index (χ0n) is 12.0. The highest BCUT2D eigenvalue weighted by molar-refractivity contribution is 8.00. The molecule has 22 heavy (non-hydrogen) atoms. The van der Waals surface area contributed by atoms with Gasteiger partial charge in [0.25, 0.3) is 0 Å². The number of halogens is 2. The number of benzene rings is 2. The molecule has 3 nitrogen and oxygen atoms in total. The summed E-state index contributed by atoms with van der Waals surface area (Å²) in [5.74, 6) is -0.0896. The SMILES string of the molecule is CCC(Sc1cccc(N)c1)C(=O)Nc1cc(Cl)cc(Cl)c1. The molecule has 0 aliphatic rings. The van der Waals surface area contributed by atoms with Gasteiger partial charge in [-0.1, -0.05) is 36.2 Å². The number of nitrogens with one attached hydrogen (secondary N) is 1. The van der Waals surface area contributed by atoms with Crippen LogP contribution in [-0.4, -0.2) is 11.2 Å². The van der Waals surface area contributed by atoms with Crippen molar-refractivity contribution in [3.05, 3.63) is 52.5 Å². The van der Waals surface area contributed by atoms with E-state index < -0.39 is 0 Å². The van der Waals surface area contributed by atoms with Crippen molar-refractivity contribution < 1.29 is 4.79 Å². The molecular formula is C16H16Cl2N2OS. The molecule has 2 rings (SSSR count). The van der Waals surface area contributed by atoms with Gasteiger partial charge >= 0.3 is 0 Å². The first-order valence-corrected chi connectivity index (χ1v) is 8.40. The Bertz CT molecular complexity index is 659. The lowest BCUT2D eigenvalue weighted by molar-refractivity contribution is -0.115. The normalized spacial score (nSPS) is 12.0. The van der Waals surface area contributed by atoms with E-state index in [1.165, 1.54) is 11.8 Å². The summed E-state index contributed by atoms with van der Waals surface area (Å²) in [5, 5.41) is 3.60. The lowest BCUT2D eigenvalue weighted by Gasteiger charge is -2.15. The van der Waals surface area contributed by atoms with Gasteiger partial charge < -0.3 is 11.1 Å². The average molecular weight is 355 g/mol. The third kappa shape index (κ3) is 4.83. The molecule has 0 heterocycles. The van der Waals surface area contributed by atoms with Crippen molar-refractivity contribution in [3.63, 3.8) is 0 Å². The van der Waals surface area contributed by atoms with Gasteiger partial charge in [-0.3, -0.25) is 4.79 Å². The highest BCUT2D eigenvalue weighted by atomic mass is 35.5. The topological polar surface area (TPSA) is 55.1 Å². The molecule has 0 saturated carbocycles. The van der Waals surface area contributed by atoms with Crippen LogP contribution in [-0.2, 0) is 4.79 Å². The van der Waals surface area contributed by atoms with Crippen LogP contribution in [0.2, 0.25) is 10.0 Å². The molecule has 0 aliphatic heterocycles. The standard InChI is InChI=1S/C16H16Cl2N2OS/c1-2-15(22-14-5-3-4-12(19)9-14)16(21)20-13-7-10(17)6-11(18)8-13/h3-9,15H,2,19H2,1H3,(H,20,21). The van der Waals surface area contributed by atoms with E-state index in [1.54, 1.807) is 18.2 Å². The molecule has 0 aromatic heterocycles. The minimum Gasteiger partial charge on any atom is -0.399 e. The molecular weight excluding hydrogens is 339 g/mol. The maximum absolute atomic E-state index is 12.4. The van der Waals surface area contributed by atoms with Crippen LogP contribution in [0.3, 0.4) is 0 Å². The molecule has 0 spiro atoms. The average Bonchev–Trinajstić information content (AvgIpc) is 2.43. The van der Waals surface area contributed by atoms with Crippen molar-refractivity contribution in [3.8, 4) is 0 Å². The summed E-state index contributed by atoms with van der Waals surface area (Å²) < 4.78 is 0. The van der Waals surface area contributed by atoms with E-state index in [9.17, 15) is 4.79 Å². The van der Waals surface area contributed by atoms with E-state index in [1.807, 2.05) is 31.2 Å². The van der Waals surface area contributed by atoms with Crippen LogP contribution in [0.15, 0.2) is 47.4 Å². The van der Waals surface area contributed by atoms with Gasteiger partial charge in [-0.15, -0.1) is 11.8 Å². The van der Waals surface area contributed by atoms with Crippen molar-refractivity contribution in [1.82, 2.24) is 0 Å². The first-order chi connectivity index (χ1) is 10.5. The Balaban J connectivity index is 2.08. The van der Waals surface area contributed by atoms with Crippen LogP contribution < -0.4 is 11.1 Å². The minimum absolute atomic E-state index is 0.0896. The number of hydrogen-bond acceptors (Lipinski definition) is 3. The molecule has 116 valence electrons. The molecule has 1 unspecified atom stereocenters. The van der Waals surface area contributed by atoms with Gasteiger partial charge in [0.2, 0.25) is 5.91 Å². The maximum Gasteiger partial charge on any atom is 0.237 e. The molecule has 0 radical (unpaired) electrons. The van der Waals surface area contributed by atoms with Crippen LogP contribution in [0, 0.1) is 0 Å². The fourth-order valence-corrected chi connectivity index (χ4v) is 3.47. The predicted octanol–water partition coefficient (Wildman–Crippen LogP) is 5.09. The quantitative estimate of drug-likeness (QED) is 0.581. The van der Waals surface area contributed by atoms with Crippen LogP contribution in [0.5, 0.6) is 0 Å². The highest BCUT2D eigenvalue weighted by Gasteiger charge is 2.18. The second kappa shape index (κ2) is 7.77. The summed E-state index contributed by atoms with van der Waals surface area (Å²) in [5.41, 5.74) is 7.04. The summed E-state index contributed by atoms with van der Waals surface area (Å²) in [4.78, 5) is 13.4. The van der Waals surface area contributed by atoms with Crippen LogP contribution in [0.4, 0.5) is 11.4 Å². The van der Waals surface area contributed by atoms with Crippen molar-refractivity contribution in [2.24, 2.45) is 0 Å². The number of anilines is 2. The number of carbonyl (C=O) groups is 1. The third-order valence-electron chi connectivity index (χ3n) is 2.93. The van der Waals surface area contributed by atoms with E-state index in [-0.39, 0.29) is 11.2 Å². The zero-order valence-corrected chi connectivity index (χ0v) is 14.3. The van der Waals surface area contributed by atoms with Crippen molar-refractivity contribution in [2.45, 2.75) is 23.5 Å². The van der Waals surface area contributed by atoms with E-state index in [4.69, 9.17) is 28.9 Å². The number of hydrogen-bond donors (Lipinski definition) is 2. The fourth-order valence-electron chi connectivity index (χ4n) is 1.92. The molecule has 2 aromatic rings. The second-order valence-electron chi connectivity index (χ2n) is 4.73. The summed E-state index contributed by atoms with van der Waals surface area (Å²) in [7, 11) is 0. The van der Waals surface area contributed by atoms with Gasteiger partial charge in [-0.05, 0) is 42.8 Å². The summed E-state index contributed by atoms with van der Waals surface area (Å²) >= 11 is 13.4. The van der Waals surface area contributed by atoms with Crippen molar-refractivity contribution in [2.75, 3.05) is 11.1 Å². The van der Waals surface area contributed by atoms with Crippen molar-refractivity contribution >= 4 is 52.2 Å². The molecule has 1 atom stereocenters. The molecule has 0 aliphatic carbocycles. The minimum atomic E-state index is -0.223. The Morgan fingerprint density at radius 1 is 1.23 bits per heavy atom. The molecule has 6 heteroatoms. The Labute approximate surface area is 144 Å². The number of nitrogens with two attached hydrogens (primary N) is 1. The van der Waals surface area contributed by atoms with E-state index in [2.05, 4.69) is 5.32 Å². The van der Waals surface area contributed by atoms with Crippen LogP contribution >= 0.6 is 35.0 Å². The molecule has 0 bridgehead atoms. The largest absolute Gasteiger partial charge is 0.399 e. The lowest BCUT2D eigenvalue weighted by atomic mass is 10.2. The van der Waals surface area contributed by atoms with Crippen LogP contribution in [0.1, 0.15) is 13.3 Å². The maximum atomic E-state index is 12.4. The van der Waals surface area contributed by atoms with Gasteiger partial charge in [0, 0.05) is 26.3 Å². The molecule has 0 fully saturated rings. The zero-order chi connectivity index (χ0) is 16.1. The van der Waals surface area contributed by atoms with Crippen LogP contribution in [0.25, 0.3) is 0 Å². The van der Waals surface area contributed by atoms with Gasteiger partial charge in [-0.2, -0.15) is 0 Å². The Kier molecular flexibility index (Phi) is 6.00. The summed E-state index contributed by atoms with van der Waals surface area (Å²) in [6.45, 7) is 1.97. The van der Waals surface area contributed by atoms with Gasteiger partial charge in [0.15, 0.2) is 0 Å². The summed E-state index contributed by atoms with van der Waals surface area (Å²) in [6.07, 6.45) is 0.694. The number of rotatable bonds is 5. The Morgan fingerprint density at radius 2 is 1.91 bits per heavy atom. The number of thioether (sulfide) groups is 1. The smallest absolute Gasteiger partial charge is 0.237 e. The first kappa shape index (κ1) is 17.0. The number of nitrogen functional groups attached to an aromatic ring is 1. The number of carbonyl (C=O) groups excluding carboxylic acids is 1. The highest BCUT2D eigenvalue weighted by Crippen LogP contribution is 2.28. The Morgan fingerprint density at radius 3 is 2.50 bits per heavy atom. The molecule has 0 saturated heterocycles. The third-order valence-corrected chi connectivity index (χ3v) is 4.72. The molecule has 1 amide bonds. The lowest BCUT2D eigenvalue weighted by Crippen LogP contribution is -2.24. The Hall–Kier alpha value is -1.36. The predicted molar refractivity (Wildman–Crippen MR) is 95.9 cm³/mol. The molecule has 2 aromatic carbocycles. The number of amides is 1.